The largest absolute Gasteiger partial charge is 0.482 e. The Morgan fingerprint density at radius 1 is 1.10 bits per heavy atom. The van der Waals surface area contributed by atoms with Crippen molar-refractivity contribution in [1.29, 1.82) is 0 Å². The number of ketones is 1. The number of rotatable bonds is 2. The van der Waals surface area contributed by atoms with Gasteiger partial charge < -0.3 is 10.1 Å². The highest BCUT2D eigenvalue weighted by atomic mass is 19.1. The maximum absolute atomic E-state index is 12.8. The zero-order valence-electron chi connectivity index (χ0n) is 10.4. The summed E-state index contributed by atoms with van der Waals surface area (Å²) in [6.07, 6.45) is 0. The molecular weight excluding hydrogens is 261 g/mol. The normalized spacial score (nSPS) is 13.2. The standard InChI is InChI=1S/C15H10FNO3/c16-11-4-1-9(2-5-11)15(19)10-3-6-13-12(7-10)17-14(18)8-20-13/h1-7H,8H2,(H,17,18). The molecule has 20 heavy (non-hydrogen) atoms. The molecule has 1 aliphatic rings. The molecule has 4 nitrogen and oxygen atoms in total. The summed E-state index contributed by atoms with van der Waals surface area (Å²) >= 11 is 0. The Morgan fingerprint density at radius 3 is 2.55 bits per heavy atom. The highest BCUT2D eigenvalue weighted by Crippen LogP contribution is 2.29. The van der Waals surface area contributed by atoms with Crippen LogP contribution in [-0.4, -0.2) is 18.3 Å². The van der Waals surface area contributed by atoms with Crippen LogP contribution in [0.15, 0.2) is 42.5 Å². The zero-order chi connectivity index (χ0) is 14.1. The molecule has 0 bridgehead atoms. The lowest BCUT2D eigenvalue weighted by atomic mass is 10.0. The number of anilines is 1. The summed E-state index contributed by atoms with van der Waals surface area (Å²) in [6, 6.07) is 10.1. The first kappa shape index (κ1) is 12.3. The minimum Gasteiger partial charge on any atom is -0.482 e. The van der Waals surface area contributed by atoms with Gasteiger partial charge in [-0.2, -0.15) is 0 Å². The van der Waals surface area contributed by atoms with Gasteiger partial charge in [-0.15, -0.1) is 0 Å². The number of fused-ring (bicyclic) bond motifs is 1. The molecule has 2 aromatic carbocycles. The Hall–Kier alpha value is -2.69. The van der Waals surface area contributed by atoms with Crippen LogP contribution in [0.5, 0.6) is 5.75 Å². The van der Waals surface area contributed by atoms with Crippen LogP contribution in [0.2, 0.25) is 0 Å². The summed E-state index contributed by atoms with van der Waals surface area (Å²) in [5, 5.41) is 2.64. The van der Waals surface area contributed by atoms with Crippen LogP contribution in [0.3, 0.4) is 0 Å². The van der Waals surface area contributed by atoms with Gasteiger partial charge in [0.25, 0.3) is 5.91 Å². The van der Waals surface area contributed by atoms with Gasteiger partial charge in [0.1, 0.15) is 11.6 Å². The van der Waals surface area contributed by atoms with Crippen molar-refractivity contribution in [2.75, 3.05) is 11.9 Å². The van der Waals surface area contributed by atoms with Crippen LogP contribution in [0.4, 0.5) is 10.1 Å². The third-order valence-corrected chi connectivity index (χ3v) is 2.98. The number of carbonyl (C=O) groups excluding carboxylic acids is 2. The maximum atomic E-state index is 12.8. The second-order valence-corrected chi connectivity index (χ2v) is 4.38. The quantitative estimate of drug-likeness (QED) is 0.853. The Bertz CT molecular complexity index is 695. The molecule has 1 amide bonds. The minimum absolute atomic E-state index is 0.0295. The van der Waals surface area contributed by atoms with Gasteiger partial charge in [0.15, 0.2) is 12.4 Å². The van der Waals surface area contributed by atoms with Gasteiger partial charge in [0, 0.05) is 11.1 Å². The number of nitrogens with one attached hydrogen (secondary N) is 1. The molecular formula is C15H10FNO3. The molecule has 0 saturated heterocycles. The van der Waals surface area contributed by atoms with Crippen LogP contribution >= 0.6 is 0 Å². The van der Waals surface area contributed by atoms with Gasteiger partial charge in [-0.3, -0.25) is 9.59 Å². The summed E-state index contributed by atoms with van der Waals surface area (Å²) in [5.74, 6) is -0.371. The van der Waals surface area contributed by atoms with Crippen LogP contribution in [0, 0.1) is 5.82 Å². The molecule has 0 aliphatic carbocycles. The molecule has 0 unspecified atom stereocenters. The molecule has 0 saturated carbocycles. The van der Waals surface area contributed by atoms with Crippen molar-refractivity contribution in [2.45, 2.75) is 0 Å². The van der Waals surface area contributed by atoms with Crippen molar-refractivity contribution in [3.63, 3.8) is 0 Å². The molecule has 100 valence electrons. The monoisotopic (exact) mass is 271 g/mol. The number of carbonyl (C=O) groups is 2. The Morgan fingerprint density at radius 2 is 1.80 bits per heavy atom. The van der Waals surface area contributed by atoms with Gasteiger partial charge in [-0.1, -0.05) is 0 Å². The predicted molar refractivity (Wildman–Crippen MR) is 70.4 cm³/mol. The predicted octanol–water partition coefficient (Wildman–Crippen LogP) is 2.39. The first-order chi connectivity index (χ1) is 9.63. The molecule has 1 N–H and O–H groups in total. The molecule has 1 aliphatic heterocycles. The van der Waals surface area contributed by atoms with E-state index in [1.807, 2.05) is 0 Å². The lowest BCUT2D eigenvalue weighted by molar-refractivity contribution is -0.118. The average molecular weight is 271 g/mol. The summed E-state index contributed by atoms with van der Waals surface area (Å²) in [4.78, 5) is 23.5. The molecule has 0 aromatic heterocycles. The van der Waals surface area contributed by atoms with Crippen molar-refractivity contribution in [3.05, 3.63) is 59.4 Å². The van der Waals surface area contributed by atoms with E-state index in [-0.39, 0.29) is 18.3 Å². The SMILES string of the molecule is O=C1COc2ccc(C(=O)c3ccc(F)cc3)cc2N1. The van der Waals surface area contributed by atoms with E-state index < -0.39 is 5.82 Å². The molecule has 5 heteroatoms. The third-order valence-electron chi connectivity index (χ3n) is 2.98. The van der Waals surface area contributed by atoms with E-state index in [2.05, 4.69) is 5.32 Å². The summed E-state index contributed by atoms with van der Waals surface area (Å²) in [5.41, 5.74) is 1.25. The van der Waals surface area contributed by atoms with Crippen molar-refractivity contribution in [2.24, 2.45) is 0 Å². The van der Waals surface area contributed by atoms with E-state index in [0.29, 0.717) is 22.6 Å². The van der Waals surface area contributed by atoms with Crippen LogP contribution in [-0.2, 0) is 4.79 Å². The van der Waals surface area contributed by atoms with Crippen molar-refractivity contribution in [3.8, 4) is 5.75 Å². The molecule has 0 fully saturated rings. The maximum Gasteiger partial charge on any atom is 0.262 e. The van der Waals surface area contributed by atoms with E-state index in [4.69, 9.17) is 4.74 Å². The van der Waals surface area contributed by atoms with Gasteiger partial charge in [0.05, 0.1) is 5.69 Å². The van der Waals surface area contributed by atoms with E-state index in [1.165, 1.54) is 24.3 Å². The molecule has 0 atom stereocenters. The Balaban J connectivity index is 1.94. The van der Waals surface area contributed by atoms with E-state index in [0.717, 1.165) is 0 Å². The van der Waals surface area contributed by atoms with E-state index in [9.17, 15) is 14.0 Å². The van der Waals surface area contributed by atoms with Crippen molar-refractivity contribution < 1.29 is 18.7 Å². The average Bonchev–Trinajstić information content (AvgIpc) is 2.46. The van der Waals surface area contributed by atoms with Crippen molar-refractivity contribution in [1.82, 2.24) is 0 Å². The van der Waals surface area contributed by atoms with Crippen LogP contribution in [0.25, 0.3) is 0 Å². The Labute approximate surface area is 114 Å². The number of hydrogen-bond acceptors (Lipinski definition) is 3. The smallest absolute Gasteiger partial charge is 0.262 e. The fourth-order valence-corrected chi connectivity index (χ4v) is 1.99. The first-order valence-corrected chi connectivity index (χ1v) is 6.00. The molecule has 3 rings (SSSR count). The Kier molecular flexibility index (Phi) is 2.95. The molecule has 0 radical (unpaired) electrons. The lowest BCUT2D eigenvalue weighted by Crippen LogP contribution is -2.25. The minimum atomic E-state index is -0.396. The fraction of sp³-hybridized carbons (Fsp3) is 0.0667. The number of halogens is 1. The highest BCUT2D eigenvalue weighted by Gasteiger charge is 2.18. The first-order valence-electron chi connectivity index (χ1n) is 6.00. The van der Waals surface area contributed by atoms with Gasteiger partial charge in [-0.25, -0.2) is 4.39 Å². The van der Waals surface area contributed by atoms with E-state index in [1.54, 1.807) is 18.2 Å². The summed E-state index contributed by atoms with van der Waals surface area (Å²) in [7, 11) is 0. The highest BCUT2D eigenvalue weighted by molar-refractivity contribution is 6.10. The molecule has 2 aromatic rings. The number of benzene rings is 2. The lowest BCUT2D eigenvalue weighted by Gasteiger charge is -2.18. The number of hydrogen-bond donors (Lipinski definition) is 1. The number of ether oxygens (including phenoxy) is 1. The van der Waals surface area contributed by atoms with Gasteiger partial charge in [-0.05, 0) is 42.5 Å². The number of amides is 1. The summed E-state index contributed by atoms with van der Waals surface area (Å²) < 4.78 is 18.1. The second kappa shape index (κ2) is 4.77. The fourth-order valence-electron chi connectivity index (χ4n) is 1.99. The van der Waals surface area contributed by atoms with E-state index >= 15 is 0 Å². The van der Waals surface area contributed by atoms with Gasteiger partial charge in [0.2, 0.25) is 0 Å². The van der Waals surface area contributed by atoms with Crippen LogP contribution in [0.1, 0.15) is 15.9 Å². The van der Waals surface area contributed by atoms with Crippen LogP contribution < -0.4 is 10.1 Å². The molecule has 0 spiro atoms. The third kappa shape index (κ3) is 2.25. The van der Waals surface area contributed by atoms with Gasteiger partial charge >= 0.3 is 0 Å². The topological polar surface area (TPSA) is 55.4 Å². The molecule has 1 heterocycles. The zero-order valence-corrected chi connectivity index (χ0v) is 10.4. The summed E-state index contributed by atoms with van der Waals surface area (Å²) in [6.45, 7) is -0.0295. The second-order valence-electron chi connectivity index (χ2n) is 4.38. The van der Waals surface area contributed by atoms with Crippen molar-refractivity contribution >= 4 is 17.4 Å².